The van der Waals surface area contributed by atoms with Gasteiger partial charge in [-0.1, -0.05) is 41.9 Å². The number of methoxy groups -OCH3 is 1. The highest BCUT2D eigenvalue weighted by Gasteiger charge is 2.23. The lowest BCUT2D eigenvalue weighted by Gasteiger charge is -2.25. The van der Waals surface area contributed by atoms with Crippen LogP contribution in [0, 0.1) is 0 Å². The fraction of sp³-hybridized carbons (Fsp3) is 0.269. The Bertz CT molecular complexity index is 1260. The second-order valence-corrected chi connectivity index (χ2v) is 10.6. The van der Waals surface area contributed by atoms with Gasteiger partial charge in [-0.2, -0.15) is 0 Å². The summed E-state index contributed by atoms with van der Waals surface area (Å²) >= 11 is 5.90. The Balaban J connectivity index is 1.48. The molecule has 178 valence electrons. The lowest BCUT2D eigenvalue weighted by molar-refractivity contribution is 0.0767. The van der Waals surface area contributed by atoms with E-state index in [9.17, 15) is 13.2 Å². The van der Waals surface area contributed by atoms with Crippen molar-refractivity contribution >= 4 is 33.0 Å². The van der Waals surface area contributed by atoms with Crippen LogP contribution in [-0.4, -0.2) is 52.5 Å². The molecule has 1 aliphatic heterocycles. The molecule has 0 N–H and O–H groups in total. The van der Waals surface area contributed by atoms with Gasteiger partial charge in [0.25, 0.3) is 5.91 Å². The van der Waals surface area contributed by atoms with Crippen LogP contribution in [0.3, 0.4) is 0 Å². The third-order valence-corrected chi connectivity index (χ3v) is 7.86. The molecule has 3 aromatic rings. The molecule has 1 heterocycles. The van der Waals surface area contributed by atoms with Crippen LogP contribution in [0.2, 0.25) is 5.02 Å². The number of halogens is 1. The first-order valence-corrected chi connectivity index (χ1v) is 13.1. The van der Waals surface area contributed by atoms with Crippen molar-refractivity contribution in [3.63, 3.8) is 0 Å². The zero-order valence-electron chi connectivity index (χ0n) is 19.0. The number of benzene rings is 3. The van der Waals surface area contributed by atoms with Crippen molar-refractivity contribution in [3.8, 4) is 5.75 Å². The van der Waals surface area contributed by atoms with E-state index < -0.39 is 9.84 Å². The van der Waals surface area contributed by atoms with Gasteiger partial charge < -0.3 is 14.5 Å². The van der Waals surface area contributed by atoms with E-state index in [1.165, 1.54) is 12.1 Å². The van der Waals surface area contributed by atoms with E-state index in [-0.39, 0.29) is 16.6 Å². The molecule has 0 unspecified atom stereocenters. The molecule has 1 saturated heterocycles. The van der Waals surface area contributed by atoms with E-state index >= 15 is 0 Å². The Kier molecular flexibility index (Phi) is 7.44. The summed E-state index contributed by atoms with van der Waals surface area (Å²) in [6.07, 6.45) is 0.804. The van der Waals surface area contributed by atoms with Crippen LogP contribution in [0.4, 0.5) is 5.69 Å². The number of amides is 1. The number of hydrogen-bond donors (Lipinski definition) is 0. The Morgan fingerprint density at radius 3 is 2.47 bits per heavy atom. The molecule has 0 atom stereocenters. The highest BCUT2D eigenvalue weighted by atomic mass is 35.5. The van der Waals surface area contributed by atoms with Gasteiger partial charge in [-0.15, -0.1) is 0 Å². The third kappa shape index (κ3) is 5.54. The number of hydrogen-bond acceptors (Lipinski definition) is 5. The normalized spacial score (nSPS) is 14.5. The van der Waals surface area contributed by atoms with E-state index in [1.54, 1.807) is 48.4 Å². The molecule has 34 heavy (non-hydrogen) atoms. The van der Waals surface area contributed by atoms with Gasteiger partial charge >= 0.3 is 0 Å². The van der Waals surface area contributed by atoms with Gasteiger partial charge in [-0.05, 0) is 54.4 Å². The summed E-state index contributed by atoms with van der Waals surface area (Å²) in [6.45, 7) is 2.62. The lowest BCUT2D eigenvalue weighted by Crippen LogP contribution is -2.35. The zero-order valence-corrected chi connectivity index (χ0v) is 20.6. The first-order chi connectivity index (χ1) is 16.4. The molecule has 0 aromatic heterocycles. The molecule has 0 spiro atoms. The first kappa shape index (κ1) is 24.1. The minimum Gasteiger partial charge on any atom is -0.495 e. The number of carbonyl (C=O) groups is 1. The summed E-state index contributed by atoms with van der Waals surface area (Å²) in [7, 11) is -1.96. The number of anilines is 1. The monoisotopic (exact) mass is 498 g/mol. The van der Waals surface area contributed by atoms with Crippen LogP contribution >= 0.6 is 11.6 Å². The second-order valence-electron chi connectivity index (χ2n) is 8.22. The number of carbonyl (C=O) groups excluding carboxylic acids is 1. The van der Waals surface area contributed by atoms with Crippen molar-refractivity contribution in [1.29, 1.82) is 0 Å². The molecule has 0 radical (unpaired) electrons. The molecular formula is C26H27ClN2O4S. The Hall–Kier alpha value is -3.03. The maximum atomic E-state index is 13.3. The Labute approximate surface area is 205 Å². The fourth-order valence-electron chi connectivity index (χ4n) is 4.14. The molecule has 0 bridgehead atoms. The van der Waals surface area contributed by atoms with Crippen LogP contribution in [0.15, 0.2) is 77.7 Å². The van der Waals surface area contributed by atoms with Crippen LogP contribution in [0.25, 0.3) is 0 Å². The standard InChI is InChI=1S/C26H27ClN2O4S/c1-33-25-9-3-2-8-24(25)28-14-5-15-29(17-16-28)26(30)21-6-4-7-23(18-21)34(31,32)19-20-10-12-22(27)13-11-20/h2-4,6-13,18H,5,14-17,19H2,1H3. The smallest absolute Gasteiger partial charge is 0.253 e. The van der Waals surface area contributed by atoms with Crippen molar-refractivity contribution in [3.05, 3.63) is 88.9 Å². The van der Waals surface area contributed by atoms with Gasteiger partial charge in [0.05, 0.1) is 23.4 Å². The van der Waals surface area contributed by atoms with Crippen LogP contribution in [0.1, 0.15) is 22.3 Å². The highest BCUT2D eigenvalue weighted by molar-refractivity contribution is 7.90. The van der Waals surface area contributed by atoms with Crippen molar-refractivity contribution < 1.29 is 17.9 Å². The molecule has 1 aliphatic rings. The zero-order chi connectivity index (χ0) is 24.1. The molecule has 1 fully saturated rings. The molecule has 0 aliphatic carbocycles. The van der Waals surface area contributed by atoms with Gasteiger partial charge in [0.2, 0.25) is 0 Å². The summed E-state index contributed by atoms with van der Waals surface area (Å²) < 4.78 is 31.4. The topological polar surface area (TPSA) is 66.9 Å². The SMILES string of the molecule is COc1ccccc1N1CCCN(C(=O)c2cccc(S(=O)(=O)Cc3ccc(Cl)cc3)c2)CC1. The third-order valence-electron chi connectivity index (χ3n) is 5.92. The van der Waals surface area contributed by atoms with Crippen LogP contribution in [-0.2, 0) is 15.6 Å². The van der Waals surface area contributed by atoms with Crippen LogP contribution < -0.4 is 9.64 Å². The van der Waals surface area contributed by atoms with Gasteiger partial charge in [-0.25, -0.2) is 8.42 Å². The Morgan fingerprint density at radius 2 is 1.71 bits per heavy atom. The maximum Gasteiger partial charge on any atom is 0.253 e. The van der Waals surface area contributed by atoms with Crippen molar-refractivity contribution in [1.82, 2.24) is 4.90 Å². The summed E-state index contributed by atoms with van der Waals surface area (Å²) in [5, 5.41) is 0.551. The number of sulfone groups is 1. The quantitative estimate of drug-likeness (QED) is 0.494. The summed E-state index contributed by atoms with van der Waals surface area (Å²) in [6, 6.07) is 20.9. The number of nitrogens with zero attached hydrogens (tertiary/aromatic N) is 2. The molecule has 4 rings (SSSR count). The van der Waals surface area contributed by atoms with Gasteiger partial charge in [0.15, 0.2) is 9.84 Å². The molecule has 1 amide bonds. The lowest BCUT2D eigenvalue weighted by atomic mass is 10.2. The van der Waals surface area contributed by atoms with Crippen molar-refractivity contribution in [2.45, 2.75) is 17.1 Å². The van der Waals surface area contributed by atoms with E-state index in [1.807, 2.05) is 24.3 Å². The summed E-state index contributed by atoms with van der Waals surface area (Å²) in [5.74, 6) is 0.491. The second kappa shape index (κ2) is 10.5. The Morgan fingerprint density at radius 1 is 0.941 bits per heavy atom. The number of ether oxygens (including phenoxy) is 1. The molecular weight excluding hydrogens is 472 g/mol. The number of para-hydroxylation sites is 2. The van der Waals surface area contributed by atoms with Gasteiger partial charge in [0, 0.05) is 36.8 Å². The average Bonchev–Trinajstić information content (AvgIpc) is 3.11. The minimum absolute atomic E-state index is 0.138. The molecule has 8 heteroatoms. The van der Waals surface area contributed by atoms with Crippen molar-refractivity contribution in [2.24, 2.45) is 0 Å². The van der Waals surface area contributed by atoms with Gasteiger partial charge in [0.1, 0.15) is 5.75 Å². The van der Waals surface area contributed by atoms with E-state index in [2.05, 4.69) is 4.90 Å². The molecule has 6 nitrogen and oxygen atoms in total. The van der Waals surface area contributed by atoms with E-state index in [4.69, 9.17) is 16.3 Å². The maximum absolute atomic E-state index is 13.3. The average molecular weight is 499 g/mol. The number of rotatable bonds is 6. The summed E-state index contributed by atoms with van der Waals surface area (Å²) in [4.78, 5) is 17.4. The first-order valence-electron chi connectivity index (χ1n) is 11.1. The fourth-order valence-corrected chi connectivity index (χ4v) is 5.66. The highest BCUT2D eigenvalue weighted by Crippen LogP contribution is 2.28. The van der Waals surface area contributed by atoms with E-state index in [0.29, 0.717) is 35.8 Å². The molecule has 3 aromatic carbocycles. The predicted octanol–water partition coefficient (Wildman–Crippen LogP) is 4.68. The predicted molar refractivity (Wildman–Crippen MR) is 135 cm³/mol. The van der Waals surface area contributed by atoms with Crippen molar-refractivity contribution in [2.75, 3.05) is 38.2 Å². The molecule has 0 saturated carbocycles. The minimum atomic E-state index is -3.61. The largest absolute Gasteiger partial charge is 0.495 e. The van der Waals surface area contributed by atoms with E-state index in [0.717, 1.165) is 24.4 Å². The van der Waals surface area contributed by atoms with Gasteiger partial charge in [-0.3, -0.25) is 4.79 Å². The van der Waals surface area contributed by atoms with Crippen LogP contribution in [0.5, 0.6) is 5.75 Å². The summed E-state index contributed by atoms with van der Waals surface area (Å²) in [5.41, 5.74) is 2.03.